The Morgan fingerprint density at radius 2 is 2.05 bits per heavy atom. The lowest BCUT2D eigenvalue weighted by Crippen LogP contribution is -2.27. The first-order chi connectivity index (χ1) is 10.0. The lowest BCUT2D eigenvalue weighted by atomic mass is 10.1. The molecule has 0 aliphatic heterocycles. The number of hydrogen-bond donors (Lipinski definition) is 3. The summed E-state index contributed by atoms with van der Waals surface area (Å²) in [6, 6.07) is 6.91. The van der Waals surface area contributed by atoms with Gasteiger partial charge in [-0.15, -0.1) is 0 Å². The third-order valence-electron chi connectivity index (χ3n) is 2.87. The molecular weight excluding hydrogens is 270 g/mol. The molecule has 0 spiro atoms. The summed E-state index contributed by atoms with van der Waals surface area (Å²) in [5.41, 5.74) is 11.5. The van der Waals surface area contributed by atoms with Crippen molar-refractivity contribution in [1.82, 2.24) is 0 Å². The number of nitrogens with one attached hydrogen (secondary N) is 1. The Morgan fingerprint density at radius 3 is 2.71 bits per heavy atom. The highest BCUT2D eigenvalue weighted by Gasteiger charge is 2.11. The summed E-state index contributed by atoms with van der Waals surface area (Å²) in [5.74, 6) is -0.0693. The van der Waals surface area contributed by atoms with Crippen LogP contribution in [-0.2, 0) is 9.59 Å². The Morgan fingerprint density at radius 1 is 1.33 bits per heavy atom. The first-order valence-corrected chi connectivity index (χ1v) is 7.08. The van der Waals surface area contributed by atoms with Crippen molar-refractivity contribution in [3.63, 3.8) is 0 Å². The van der Waals surface area contributed by atoms with Crippen LogP contribution >= 0.6 is 0 Å². The lowest BCUT2D eigenvalue weighted by molar-refractivity contribution is -0.118. The summed E-state index contributed by atoms with van der Waals surface area (Å²) >= 11 is 0. The number of para-hydroxylation sites is 2. The van der Waals surface area contributed by atoms with Crippen LogP contribution in [0.5, 0.6) is 5.75 Å². The van der Waals surface area contributed by atoms with Gasteiger partial charge in [-0.05, 0) is 18.6 Å². The van der Waals surface area contributed by atoms with Crippen molar-refractivity contribution in [2.75, 3.05) is 11.9 Å². The van der Waals surface area contributed by atoms with E-state index in [1.165, 1.54) is 0 Å². The normalized spacial score (nSPS) is 11.7. The minimum absolute atomic E-state index is 0.129. The number of carbonyl (C=O) groups excluding carboxylic acids is 2. The van der Waals surface area contributed by atoms with Crippen LogP contribution in [0.25, 0.3) is 0 Å². The molecule has 1 rings (SSSR count). The van der Waals surface area contributed by atoms with E-state index in [4.69, 9.17) is 16.2 Å². The molecule has 0 aliphatic rings. The van der Waals surface area contributed by atoms with E-state index < -0.39 is 5.91 Å². The summed E-state index contributed by atoms with van der Waals surface area (Å²) in [5, 5.41) is 2.78. The van der Waals surface area contributed by atoms with Crippen LogP contribution in [0.4, 0.5) is 5.69 Å². The Kier molecular flexibility index (Phi) is 7.25. The van der Waals surface area contributed by atoms with Gasteiger partial charge in [-0.3, -0.25) is 9.59 Å². The van der Waals surface area contributed by atoms with Gasteiger partial charge >= 0.3 is 0 Å². The number of primary amides is 1. The number of hydrogen-bond acceptors (Lipinski definition) is 4. The minimum Gasteiger partial charge on any atom is -0.491 e. The number of amides is 2. The van der Waals surface area contributed by atoms with E-state index in [0.717, 1.165) is 12.8 Å². The maximum Gasteiger partial charge on any atom is 0.226 e. The van der Waals surface area contributed by atoms with E-state index in [9.17, 15) is 9.59 Å². The van der Waals surface area contributed by atoms with Crippen LogP contribution in [0.15, 0.2) is 24.3 Å². The first kappa shape index (κ1) is 17.0. The fourth-order valence-electron chi connectivity index (χ4n) is 1.87. The van der Waals surface area contributed by atoms with Gasteiger partial charge in [0.25, 0.3) is 0 Å². The van der Waals surface area contributed by atoms with Gasteiger partial charge in [-0.2, -0.15) is 0 Å². The minimum atomic E-state index is -0.429. The molecular formula is C15H23N3O3. The summed E-state index contributed by atoms with van der Waals surface area (Å²) in [6.07, 6.45) is 2.15. The molecule has 0 aromatic heterocycles. The largest absolute Gasteiger partial charge is 0.491 e. The molecule has 0 bridgehead atoms. The van der Waals surface area contributed by atoms with E-state index in [-0.39, 0.29) is 31.4 Å². The zero-order chi connectivity index (χ0) is 15.7. The number of ether oxygens (including phenoxy) is 1. The van der Waals surface area contributed by atoms with Gasteiger partial charge in [0.1, 0.15) is 5.75 Å². The molecule has 0 radical (unpaired) electrons. The third kappa shape index (κ3) is 6.76. The second kappa shape index (κ2) is 8.97. The molecule has 21 heavy (non-hydrogen) atoms. The number of anilines is 1. The highest BCUT2D eigenvalue weighted by atomic mass is 16.5. The molecule has 0 saturated heterocycles. The second-order valence-corrected chi connectivity index (χ2v) is 4.86. The molecule has 0 heterocycles. The number of benzene rings is 1. The predicted molar refractivity (Wildman–Crippen MR) is 81.9 cm³/mol. The molecule has 1 atom stereocenters. The highest BCUT2D eigenvalue weighted by Crippen LogP contribution is 2.24. The zero-order valence-corrected chi connectivity index (χ0v) is 12.3. The van der Waals surface area contributed by atoms with Crippen molar-refractivity contribution in [3.8, 4) is 5.75 Å². The van der Waals surface area contributed by atoms with Crippen molar-refractivity contribution >= 4 is 17.5 Å². The molecule has 1 unspecified atom stereocenters. The van der Waals surface area contributed by atoms with Gasteiger partial charge in [-0.25, -0.2) is 0 Å². The molecule has 1 aromatic carbocycles. The van der Waals surface area contributed by atoms with Crippen LogP contribution in [0, 0.1) is 0 Å². The van der Waals surface area contributed by atoms with Crippen molar-refractivity contribution in [2.45, 2.75) is 38.6 Å². The molecule has 0 saturated carbocycles. The highest BCUT2D eigenvalue weighted by molar-refractivity contribution is 5.92. The van der Waals surface area contributed by atoms with Crippen molar-refractivity contribution in [1.29, 1.82) is 0 Å². The zero-order valence-electron chi connectivity index (χ0n) is 12.3. The quantitative estimate of drug-likeness (QED) is 0.639. The van der Waals surface area contributed by atoms with Crippen molar-refractivity contribution < 1.29 is 14.3 Å². The third-order valence-corrected chi connectivity index (χ3v) is 2.87. The number of nitrogens with two attached hydrogens (primary N) is 2. The molecule has 116 valence electrons. The molecule has 6 nitrogen and oxygen atoms in total. The van der Waals surface area contributed by atoms with E-state index in [2.05, 4.69) is 5.32 Å². The first-order valence-electron chi connectivity index (χ1n) is 7.08. The monoisotopic (exact) mass is 293 g/mol. The van der Waals surface area contributed by atoms with Gasteiger partial charge in [0.15, 0.2) is 0 Å². The predicted octanol–water partition coefficient (Wildman–Crippen LogP) is 1.40. The van der Waals surface area contributed by atoms with Crippen LogP contribution in [-0.4, -0.2) is 24.5 Å². The molecule has 6 heteroatoms. The summed E-state index contributed by atoms with van der Waals surface area (Å²) in [7, 11) is 0. The van der Waals surface area contributed by atoms with Gasteiger partial charge in [0.2, 0.25) is 11.8 Å². The molecule has 0 fully saturated rings. The van der Waals surface area contributed by atoms with Gasteiger partial charge in [0.05, 0.1) is 18.7 Å². The van der Waals surface area contributed by atoms with E-state index in [1.54, 1.807) is 24.3 Å². The number of rotatable bonds is 9. The fraction of sp³-hybridized carbons (Fsp3) is 0.467. The Labute approximate surface area is 124 Å². The maximum atomic E-state index is 11.9. The van der Waals surface area contributed by atoms with E-state index in [0.29, 0.717) is 11.4 Å². The lowest BCUT2D eigenvalue weighted by Gasteiger charge is -2.14. The molecule has 5 N–H and O–H groups in total. The van der Waals surface area contributed by atoms with Crippen molar-refractivity contribution in [3.05, 3.63) is 24.3 Å². The van der Waals surface area contributed by atoms with Crippen molar-refractivity contribution in [2.24, 2.45) is 11.5 Å². The summed E-state index contributed by atoms with van der Waals surface area (Å²) in [6.45, 7) is 2.21. The van der Waals surface area contributed by atoms with Gasteiger partial charge in [0, 0.05) is 12.5 Å². The Hall–Kier alpha value is -2.08. The van der Waals surface area contributed by atoms with Crippen LogP contribution in [0.1, 0.15) is 32.6 Å². The van der Waals surface area contributed by atoms with E-state index in [1.807, 2.05) is 6.92 Å². The fourth-order valence-corrected chi connectivity index (χ4v) is 1.87. The molecule has 1 aromatic rings. The smallest absolute Gasteiger partial charge is 0.226 e. The van der Waals surface area contributed by atoms with E-state index >= 15 is 0 Å². The van der Waals surface area contributed by atoms with Crippen LogP contribution in [0.2, 0.25) is 0 Å². The SMILES string of the molecule is CCCC(N)CC(=O)Nc1ccccc1OCCC(N)=O. The molecule has 2 amide bonds. The standard InChI is InChI=1S/C15H23N3O3/c1-2-5-11(16)10-15(20)18-12-6-3-4-7-13(12)21-9-8-14(17)19/h3-4,6-7,11H,2,5,8-10,16H2,1H3,(H2,17,19)(H,18,20). The second-order valence-electron chi connectivity index (χ2n) is 4.86. The van der Waals surface area contributed by atoms with Crippen LogP contribution < -0.4 is 21.5 Å². The molecule has 0 aliphatic carbocycles. The van der Waals surface area contributed by atoms with Gasteiger partial charge < -0.3 is 21.5 Å². The van der Waals surface area contributed by atoms with Gasteiger partial charge in [-0.1, -0.05) is 25.5 Å². The number of carbonyl (C=O) groups is 2. The average Bonchev–Trinajstić information content (AvgIpc) is 2.40. The van der Waals surface area contributed by atoms with Crippen LogP contribution in [0.3, 0.4) is 0 Å². The maximum absolute atomic E-state index is 11.9. The summed E-state index contributed by atoms with van der Waals surface area (Å²) in [4.78, 5) is 22.6. The average molecular weight is 293 g/mol. The Balaban J connectivity index is 2.57. The topological polar surface area (TPSA) is 107 Å². The summed E-state index contributed by atoms with van der Waals surface area (Å²) < 4.78 is 5.45. The Bertz CT molecular complexity index is 477.